The van der Waals surface area contributed by atoms with E-state index in [-0.39, 0.29) is 21.8 Å². The summed E-state index contributed by atoms with van der Waals surface area (Å²) in [5.41, 5.74) is 1.33. The first-order chi connectivity index (χ1) is 14.1. The molecule has 0 heterocycles. The molecule has 0 fully saturated rings. The van der Waals surface area contributed by atoms with Crippen molar-refractivity contribution in [3.05, 3.63) is 99.1 Å². The molecule has 0 bridgehead atoms. The van der Waals surface area contributed by atoms with Crippen molar-refractivity contribution in [2.24, 2.45) is 0 Å². The first-order valence-electron chi connectivity index (χ1n) is 8.83. The van der Waals surface area contributed by atoms with Crippen LogP contribution in [0.5, 0.6) is 0 Å². The van der Waals surface area contributed by atoms with E-state index in [0.717, 1.165) is 18.4 Å². The number of nitro groups is 1. The van der Waals surface area contributed by atoms with E-state index in [2.05, 4.69) is 5.32 Å². The maximum Gasteiger partial charge on any atom is 0.292 e. The second kappa shape index (κ2) is 8.19. The topological polar surface area (TPSA) is 89.3 Å². The molecule has 30 heavy (non-hydrogen) atoms. The van der Waals surface area contributed by atoms with E-state index in [1.54, 1.807) is 19.1 Å². The van der Waals surface area contributed by atoms with Crippen LogP contribution in [0.2, 0.25) is 0 Å². The van der Waals surface area contributed by atoms with E-state index in [9.17, 15) is 27.3 Å². The molecule has 6 nitrogen and oxygen atoms in total. The van der Waals surface area contributed by atoms with Gasteiger partial charge in [-0.1, -0.05) is 24.3 Å². The Labute approximate surface area is 172 Å². The normalized spacial score (nSPS) is 12.4. The molecule has 0 spiro atoms. The molecule has 9 heteroatoms. The fourth-order valence-corrected chi connectivity index (χ4v) is 3.72. The molecule has 0 radical (unpaired) electrons. The quantitative estimate of drug-likeness (QED) is 0.447. The Hall–Kier alpha value is -3.33. The van der Waals surface area contributed by atoms with Gasteiger partial charge in [0.2, 0.25) is 0 Å². The maximum atomic E-state index is 13.9. The van der Waals surface area contributed by atoms with Crippen molar-refractivity contribution in [2.75, 3.05) is 11.6 Å². The molecule has 156 valence electrons. The monoisotopic (exact) mass is 432 g/mol. The lowest BCUT2D eigenvalue weighted by Crippen LogP contribution is -2.15. The zero-order valence-electron chi connectivity index (χ0n) is 16.1. The molecule has 0 amide bonds. The summed E-state index contributed by atoms with van der Waals surface area (Å²) in [7, 11) is -3.53. The summed E-state index contributed by atoms with van der Waals surface area (Å²) in [6.07, 6.45) is 1.05. The predicted octanol–water partition coefficient (Wildman–Crippen LogP) is 4.79. The largest absolute Gasteiger partial charge is 0.369 e. The van der Waals surface area contributed by atoms with E-state index < -0.39 is 32.4 Å². The zero-order chi connectivity index (χ0) is 22.1. The highest BCUT2D eigenvalue weighted by Gasteiger charge is 2.22. The lowest BCUT2D eigenvalue weighted by Gasteiger charge is -2.22. The number of hydrogen-bond donors (Lipinski definition) is 1. The third-order valence-corrected chi connectivity index (χ3v) is 5.66. The minimum absolute atomic E-state index is 0.0350. The highest BCUT2D eigenvalue weighted by molar-refractivity contribution is 7.90. The van der Waals surface area contributed by atoms with Crippen molar-refractivity contribution in [1.29, 1.82) is 0 Å². The number of nitrogens with one attached hydrogen (secondary N) is 1. The highest BCUT2D eigenvalue weighted by Crippen LogP contribution is 2.33. The van der Waals surface area contributed by atoms with Gasteiger partial charge in [-0.3, -0.25) is 10.1 Å². The van der Waals surface area contributed by atoms with E-state index in [1.807, 2.05) is 0 Å². The van der Waals surface area contributed by atoms with E-state index >= 15 is 0 Å². The number of rotatable bonds is 6. The van der Waals surface area contributed by atoms with Gasteiger partial charge in [0.25, 0.3) is 5.69 Å². The summed E-state index contributed by atoms with van der Waals surface area (Å²) >= 11 is 0. The van der Waals surface area contributed by atoms with Gasteiger partial charge in [-0.05, 0) is 53.9 Å². The molecule has 1 unspecified atom stereocenters. The summed E-state index contributed by atoms with van der Waals surface area (Å²) in [6.45, 7) is 1.71. The first-order valence-corrected chi connectivity index (χ1v) is 10.7. The highest BCUT2D eigenvalue weighted by atomic mass is 32.2. The molecule has 1 atom stereocenters. The fraction of sp³-hybridized carbons (Fsp3) is 0.143. The van der Waals surface area contributed by atoms with E-state index in [4.69, 9.17) is 0 Å². The molecule has 0 saturated carbocycles. The molecule has 0 saturated heterocycles. The number of nitrogens with zero attached hydrogens (tertiary/aromatic N) is 1. The molecular formula is C21H18F2N2O4S. The average molecular weight is 432 g/mol. The Balaban J connectivity index is 2.17. The van der Waals surface area contributed by atoms with Crippen LogP contribution in [0.15, 0.2) is 65.6 Å². The van der Waals surface area contributed by atoms with Crippen molar-refractivity contribution in [3.8, 4) is 0 Å². The van der Waals surface area contributed by atoms with Gasteiger partial charge in [-0.25, -0.2) is 17.2 Å². The second-order valence-corrected chi connectivity index (χ2v) is 8.89. The van der Waals surface area contributed by atoms with E-state index in [1.165, 1.54) is 36.4 Å². The number of aryl methyl sites for hydroxylation is 1. The lowest BCUT2D eigenvalue weighted by atomic mass is 9.97. The van der Waals surface area contributed by atoms with E-state index in [0.29, 0.717) is 11.1 Å². The SMILES string of the molecule is Cc1ccc(NC(c2cccc(S(C)(=O)=O)c2)c2ccc(F)c(F)c2)c([N+](=O)[O-])c1. The zero-order valence-corrected chi connectivity index (χ0v) is 16.9. The lowest BCUT2D eigenvalue weighted by molar-refractivity contribution is -0.384. The van der Waals surface area contributed by atoms with Gasteiger partial charge >= 0.3 is 0 Å². The fourth-order valence-electron chi connectivity index (χ4n) is 3.05. The summed E-state index contributed by atoms with van der Waals surface area (Å²) in [6, 6.07) is 12.9. The van der Waals surface area contributed by atoms with Gasteiger partial charge in [0.1, 0.15) is 5.69 Å². The molecule has 3 aromatic carbocycles. The number of halogens is 2. The molecule has 0 aliphatic heterocycles. The number of nitro benzene ring substituents is 1. The van der Waals surface area contributed by atoms with Gasteiger partial charge in [0.05, 0.1) is 15.9 Å². The molecule has 0 aliphatic rings. The standard InChI is InChI=1S/C21H18F2N2O4S/c1-13-6-9-19(20(10-13)25(26)27)24-21(15-7-8-17(22)18(23)12-15)14-4-3-5-16(11-14)30(2,28)29/h3-12,21,24H,1-2H3. The second-order valence-electron chi connectivity index (χ2n) is 6.87. The van der Waals surface area contributed by atoms with Gasteiger partial charge in [0.15, 0.2) is 21.5 Å². The predicted molar refractivity (Wildman–Crippen MR) is 109 cm³/mol. The van der Waals surface area contributed by atoms with Gasteiger partial charge in [-0.2, -0.15) is 0 Å². The molecular weight excluding hydrogens is 414 g/mol. The van der Waals surface area contributed by atoms with Crippen molar-refractivity contribution < 1.29 is 22.1 Å². The number of benzene rings is 3. The van der Waals surface area contributed by atoms with Crippen molar-refractivity contribution in [3.63, 3.8) is 0 Å². The molecule has 3 rings (SSSR count). The third-order valence-electron chi connectivity index (χ3n) is 4.55. The van der Waals surface area contributed by atoms with Gasteiger partial charge in [0, 0.05) is 12.3 Å². The van der Waals surface area contributed by atoms with Gasteiger partial charge in [-0.15, -0.1) is 0 Å². The van der Waals surface area contributed by atoms with Crippen LogP contribution < -0.4 is 5.32 Å². The minimum atomic E-state index is -3.53. The van der Waals surface area contributed by atoms with Crippen LogP contribution in [0.25, 0.3) is 0 Å². The van der Waals surface area contributed by atoms with Crippen LogP contribution in [-0.4, -0.2) is 19.6 Å². The van der Waals surface area contributed by atoms with Crippen molar-refractivity contribution in [1.82, 2.24) is 0 Å². The van der Waals surface area contributed by atoms with Crippen LogP contribution in [0.4, 0.5) is 20.2 Å². The Morgan fingerprint density at radius 3 is 2.30 bits per heavy atom. The van der Waals surface area contributed by atoms with Crippen LogP contribution in [0, 0.1) is 28.7 Å². The minimum Gasteiger partial charge on any atom is -0.369 e. The van der Waals surface area contributed by atoms with Crippen LogP contribution in [-0.2, 0) is 9.84 Å². The number of sulfone groups is 1. The summed E-state index contributed by atoms with van der Waals surface area (Å²) in [4.78, 5) is 11.0. The Morgan fingerprint density at radius 1 is 0.967 bits per heavy atom. The maximum absolute atomic E-state index is 13.9. The van der Waals surface area contributed by atoms with Crippen LogP contribution in [0.1, 0.15) is 22.7 Å². The summed E-state index contributed by atoms with van der Waals surface area (Å²) in [5, 5.41) is 14.5. The Bertz CT molecular complexity index is 1230. The van der Waals surface area contributed by atoms with Crippen LogP contribution >= 0.6 is 0 Å². The third kappa shape index (κ3) is 4.62. The molecule has 0 aliphatic carbocycles. The molecule has 1 N–H and O–H groups in total. The van der Waals surface area contributed by atoms with Crippen molar-refractivity contribution in [2.45, 2.75) is 17.9 Å². The van der Waals surface area contributed by atoms with Crippen LogP contribution in [0.3, 0.4) is 0 Å². The molecule has 0 aromatic heterocycles. The summed E-state index contributed by atoms with van der Waals surface area (Å²) < 4.78 is 51.3. The Morgan fingerprint density at radius 2 is 1.67 bits per heavy atom. The van der Waals surface area contributed by atoms with Gasteiger partial charge < -0.3 is 5.32 Å². The molecule has 3 aromatic rings. The number of anilines is 1. The smallest absolute Gasteiger partial charge is 0.292 e. The summed E-state index contributed by atoms with van der Waals surface area (Å²) in [5.74, 6) is -2.12. The first kappa shape index (κ1) is 21.4. The number of hydrogen-bond acceptors (Lipinski definition) is 5. The Kier molecular flexibility index (Phi) is 5.84. The average Bonchev–Trinajstić information content (AvgIpc) is 2.68. The van der Waals surface area contributed by atoms with Crippen molar-refractivity contribution >= 4 is 21.2 Å².